The fraction of sp³-hybridized carbons (Fsp3) is 0.357. The molecular weight excluding hydrogens is 308 g/mol. The number of aromatic nitrogens is 1. The Morgan fingerprint density at radius 2 is 2.22 bits per heavy atom. The minimum Gasteiger partial charge on any atom is -0.323 e. The Morgan fingerprint density at radius 3 is 3.00 bits per heavy atom. The van der Waals surface area contributed by atoms with Crippen molar-refractivity contribution >= 4 is 27.3 Å². The molecule has 2 nitrogen and oxygen atoms in total. The van der Waals surface area contributed by atoms with E-state index in [9.17, 15) is 0 Å². The SMILES string of the molecule is NC(Cc1cncc(Br)c1)c1cc2c(s1)CCC2. The summed E-state index contributed by atoms with van der Waals surface area (Å²) < 4.78 is 1.01. The number of halogens is 1. The lowest BCUT2D eigenvalue weighted by Crippen LogP contribution is -2.12. The smallest absolute Gasteiger partial charge is 0.0431 e. The summed E-state index contributed by atoms with van der Waals surface area (Å²) in [7, 11) is 0. The molecule has 2 heterocycles. The van der Waals surface area contributed by atoms with Crippen LogP contribution in [-0.4, -0.2) is 4.98 Å². The van der Waals surface area contributed by atoms with Gasteiger partial charge in [-0.05, 0) is 64.9 Å². The molecule has 0 saturated carbocycles. The second kappa shape index (κ2) is 5.11. The fourth-order valence-corrected chi connectivity index (χ4v) is 4.13. The van der Waals surface area contributed by atoms with Crippen LogP contribution in [0.25, 0.3) is 0 Å². The van der Waals surface area contributed by atoms with Crippen LogP contribution in [0.2, 0.25) is 0 Å². The van der Waals surface area contributed by atoms with Crippen molar-refractivity contribution in [3.05, 3.63) is 49.9 Å². The summed E-state index contributed by atoms with van der Waals surface area (Å²) in [6, 6.07) is 4.49. The predicted molar refractivity (Wildman–Crippen MR) is 78.9 cm³/mol. The molecule has 1 aliphatic carbocycles. The number of hydrogen-bond acceptors (Lipinski definition) is 3. The maximum atomic E-state index is 6.31. The summed E-state index contributed by atoms with van der Waals surface area (Å²) >= 11 is 5.34. The average molecular weight is 323 g/mol. The van der Waals surface area contributed by atoms with Crippen molar-refractivity contribution in [1.82, 2.24) is 4.98 Å². The van der Waals surface area contributed by atoms with Gasteiger partial charge >= 0.3 is 0 Å². The van der Waals surface area contributed by atoms with Crippen LogP contribution in [0, 0.1) is 0 Å². The summed E-state index contributed by atoms with van der Waals surface area (Å²) in [6.07, 6.45) is 8.33. The fourth-order valence-electron chi connectivity index (χ4n) is 2.46. The van der Waals surface area contributed by atoms with Crippen molar-refractivity contribution in [1.29, 1.82) is 0 Å². The predicted octanol–water partition coefficient (Wildman–Crippen LogP) is 3.64. The first-order valence-electron chi connectivity index (χ1n) is 6.19. The number of nitrogens with zero attached hydrogens (tertiary/aromatic N) is 1. The van der Waals surface area contributed by atoms with Crippen LogP contribution in [-0.2, 0) is 19.3 Å². The maximum Gasteiger partial charge on any atom is 0.0431 e. The zero-order chi connectivity index (χ0) is 12.5. The van der Waals surface area contributed by atoms with Crippen molar-refractivity contribution in [2.24, 2.45) is 5.73 Å². The van der Waals surface area contributed by atoms with Gasteiger partial charge in [-0.15, -0.1) is 11.3 Å². The summed E-state index contributed by atoms with van der Waals surface area (Å²) in [5.74, 6) is 0. The third-order valence-corrected chi connectivity index (χ3v) is 5.15. The van der Waals surface area contributed by atoms with Gasteiger partial charge in [-0.25, -0.2) is 0 Å². The maximum absolute atomic E-state index is 6.31. The van der Waals surface area contributed by atoms with E-state index in [0.717, 1.165) is 10.9 Å². The highest BCUT2D eigenvalue weighted by Crippen LogP contribution is 2.34. The van der Waals surface area contributed by atoms with Crippen LogP contribution in [0.1, 0.15) is 33.3 Å². The number of fused-ring (bicyclic) bond motifs is 1. The van der Waals surface area contributed by atoms with Gasteiger partial charge in [0.2, 0.25) is 0 Å². The van der Waals surface area contributed by atoms with Crippen LogP contribution in [0.5, 0.6) is 0 Å². The lowest BCUT2D eigenvalue weighted by molar-refractivity contribution is 0.732. The highest BCUT2D eigenvalue weighted by Gasteiger charge is 2.18. The van der Waals surface area contributed by atoms with Gasteiger partial charge in [-0.2, -0.15) is 0 Å². The number of rotatable bonds is 3. The summed E-state index contributed by atoms with van der Waals surface area (Å²) in [4.78, 5) is 7.05. The molecule has 18 heavy (non-hydrogen) atoms. The van der Waals surface area contributed by atoms with Gasteiger partial charge in [0.05, 0.1) is 0 Å². The Labute approximate surface area is 119 Å². The van der Waals surface area contributed by atoms with E-state index in [1.54, 1.807) is 11.1 Å². The van der Waals surface area contributed by atoms with Gasteiger partial charge in [-0.1, -0.05) is 0 Å². The minimum atomic E-state index is 0.0942. The topological polar surface area (TPSA) is 38.9 Å². The first-order valence-corrected chi connectivity index (χ1v) is 7.80. The molecule has 0 fully saturated rings. The monoisotopic (exact) mass is 322 g/mol. The average Bonchev–Trinajstić information content (AvgIpc) is 2.88. The number of pyridine rings is 1. The van der Waals surface area contributed by atoms with Crippen molar-refractivity contribution in [3.63, 3.8) is 0 Å². The van der Waals surface area contributed by atoms with Gasteiger partial charge in [0.25, 0.3) is 0 Å². The van der Waals surface area contributed by atoms with Gasteiger partial charge in [-0.3, -0.25) is 4.98 Å². The highest BCUT2D eigenvalue weighted by atomic mass is 79.9. The van der Waals surface area contributed by atoms with Gasteiger partial charge in [0.1, 0.15) is 0 Å². The van der Waals surface area contributed by atoms with Crippen molar-refractivity contribution < 1.29 is 0 Å². The summed E-state index contributed by atoms with van der Waals surface area (Å²) in [6.45, 7) is 0. The van der Waals surface area contributed by atoms with E-state index in [-0.39, 0.29) is 6.04 Å². The van der Waals surface area contributed by atoms with Crippen LogP contribution in [0.3, 0.4) is 0 Å². The molecule has 3 rings (SSSR count). The highest BCUT2D eigenvalue weighted by molar-refractivity contribution is 9.10. The molecule has 1 aliphatic rings. The van der Waals surface area contributed by atoms with E-state index in [4.69, 9.17) is 5.73 Å². The van der Waals surface area contributed by atoms with Gasteiger partial charge in [0.15, 0.2) is 0 Å². The van der Waals surface area contributed by atoms with Crippen LogP contribution in [0.4, 0.5) is 0 Å². The van der Waals surface area contributed by atoms with Crippen molar-refractivity contribution in [3.8, 4) is 0 Å². The summed E-state index contributed by atoms with van der Waals surface area (Å²) in [5.41, 5.74) is 9.02. The molecule has 2 N–H and O–H groups in total. The van der Waals surface area contributed by atoms with E-state index in [0.29, 0.717) is 0 Å². The molecule has 1 unspecified atom stereocenters. The Kier molecular flexibility index (Phi) is 3.50. The van der Waals surface area contributed by atoms with E-state index in [1.165, 1.54) is 35.3 Å². The minimum absolute atomic E-state index is 0.0942. The Balaban J connectivity index is 1.76. The molecule has 4 heteroatoms. The lowest BCUT2D eigenvalue weighted by Gasteiger charge is -2.09. The van der Waals surface area contributed by atoms with Crippen molar-refractivity contribution in [2.75, 3.05) is 0 Å². The normalized spacial score (nSPS) is 15.7. The third-order valence-electron chi connectivity index (χ3n) is 3.35. The number of hydrogen-bond donors (Lipinski definition) is 1. The zero-order valence-corrected chi connectivity index (χ0v) is 12.4. The van der Waals surface area contributed by atoms with E-state index in [1.807, 2.05) is 17.5 Å². The Bertz CT molecular complexity index is 543. The number of nitrogens with two attached hydrogens (primary N) is 1. The molecule has 0 aliphatic heterocycles. The first kappa shape index (κ1) is 12.3. The molecule has 0 saturated heterocycles. The van der Waals surface area contributed by atoms with Crippen LogP contribution < -0.4 is 5.73 Å². The standard InChI is InChI=1S/C14H15BrN2S/c15-11-4-9(7-17-8-11)5-12(16)14-6-10-2-1-3-13(10)18-14/h4,6-8,12H,1-3,5,16H2. The van der Waals surface area contributed by atoms with Crippen LogP contribution >= 0.6 is 27.3 Å². The molecular formula is C14H15BrN2S. The largest absolute Gasteiger partial charge is 0.323 e. The molecule has 0 aromatic carbocycles. The molecule has 1 atom stereocenters. The zero-order valence-electron chi connectivity index (χ0n) is 10.0. The second-order valence-electron chi connectivity index (χ2n) is 4.77. The van der Waals surface area contributed by atoms with E-state index in [2.05, 4.69) is 33.0 Å². The molecule has 0 radical (unpaired) electrons. The van der Waals surface area contributed by atoms with Crippen molar-refractivity contribution in [2.45, 2.75) is 31.7 Å². The molecule has 2 aromatic rings. The quantitative estimate of drug-likeness (QED) is 0.937. The van der Waals surface area contributed by atoms with E-state index >= 15 is 0 Å². The van der Waals surface area contributed by atoms with E-state index < -0.39 is 0 Å². The molecule has 94 valence electrons. The second-order valence-corrected chi connectivity index (χ2v) is 6.86. The van der Waals surface area contributed by atoms with Gasteiger partial charge < -0.3 is 5.73 Å². The molecule has 0 bridgehead atoms. The lowest BCUT2D eigenvalue weighted by atomic mass is 10.1. The third kappa shape index (κ3) is 2.51. The first-order chi connectivity index (χ1) is 8.72. The molecule has 2 aromatic heterocycles. The van der Waals surface area contributed by atoms with Gasteiger partial charge in [0, 0.05) is 32.7 Å². The number of aryl methyl sites for hydroxylation is 2. The van der Waals surface area contributed by atoms with Crippen LogP contribution in [0.15, 0.2) is 29.0 Å². The number of thiophene rings is 1. The molecule has 0 amide bonds. The Morgan fingerprint density at radius 1 is 1.33 bits per heavy atom. The summed E-state index contributed by atoms with van der Waals surface area (Å²) in [5, 5.41) is 0. The molecule has 0 spiro atoms. The Hall–Kier alpha value is -0.710.